The van der Waals surface area contributed by atoms with Crippen molar-refractivity contribution in [1.29, 1.82) is 0 Å². The minimum atomic E-state index is -0.900. The number of rotatable bonds is 7. The third-order valence-corrected chi connectivity index (χ3v) is 2.47. The van der Waals surface area contributed by atoms with E-state index in [0.29, 0.717) is 12.0 Å². The molecule has 0 spiro atoms. The lowest BCUT2D eigenvalue weighted by Gasteiger charge is -2.02. The van der Waals surface area contributed by atoms with Gasteiger partial charge in [-0.25, -0.2) is 4.39 Å². The number of carboxylic acids is 1. The van der Waals surface area contributed by atoms with Crippen LogP contribution in [-0.2, 0) is 9.59 Å². The molecule has 1 rings (SSSR count). The van der Waals surface area contributed by atoms with Gasteiger partial charge in [-0.15, -0.1) is 0 Å². The van der Waals surface area contributed by atoms with Gasteiger partial charge in [-0.1, -0.05) is 6.07 Å². The van der Waals surface area contributed by atoms with Crippen LogP contribution < -0.4 is 10.1 Å². The van der Waals surface area contributed by atoms with Gasteiger partial charge in [0, 0.05) is 19.0 Å². The number of hydrogen-bond donors (Lipinski definition) is 2. The zero-order valence-electron chi connectivity index (χ0n) is 11.1. The Morgan fingerprint density at radius 2 is 2.20 bits per heavy atom. The van der Waals surface area contributed by atoms with E-state index in [9.17, 15) is 14.0 Å². The number of carboxylic acid groups (broad SMARTS) is 1. The Labute approximate surface area is 116 Å². The molecular weight excluding hydrogens is 265 g/mol. The topological polar surface area (TPSA) is 75.6 Å². The van der Waals surface area contributed by atoms with Crippen LogP contribution in [0, 0.1) is 5.82 Å². The Morgan fingerprint density at radius 1 is 1.45 bits per heavy atom. The maximum atomic E-state index is 13.4. The fourth-order valence-corrected chi connectivity index (χ4v) is 1.47. The zero-order chi connectivity index (χ0) is 15.0. The number of halogens is 1. The number of ether oxygens (including phenoxy) is 1. The van der Waals surface area contributed by atoms with Crippen LogP contribution >= 0.6 is 0 Å². The predicted octanol–water partition coefficient (Wildman–Crippen LogP) is 1.83. The normalized spacial score (nSPS) is 10.5. The minimum Gasteiger partial charge on any atom is -0.494 e. The molecule has 0 atom stereocenters. The SMILES string of the molecule is COc1ccc(/C=C/C(=O)NCCCC(=O)O)cc1F. The zero-order valence-corrected chi connectivity index (χ0v) is 11.1. The molecule has 0 unspecified atom stereocenters. The lowest BCUT2D eigenvalue weighted by atomic mass is 10.2. The van der Waals surface area contributed by atoms with Crippen molar-refractivity contribution in [2.24, 2.45) is 0 Å². The van der Waals surface area contributed by atoms with E-state index < -0.39 is 11.8 Å². The van der Waals surface area contributed by atoms with Gasteiger partial charge >= 0.3 is 5.97 Å². The van der Waals surface area contributed by atoms with E-state index in [0.717, 1.165) is 0 Å². The van der Waals surface area contributed by atoms with Crippen molar-refractivity contribution < 1.29 is 23.8 Å². The van der Waals surface area contributed by atoms with E-state index in [1.165, 1.54) is 31.4 Å². The first-order valence-corrected chi connectivity index (χ1v) is 6.04. The van der Waals surface area contributed by atoms with Crippen molar-refractivity contribution in [2.45, 2.75) is 12.8 Å². The molecule has 0 fully saturated rings. The van der Waals surface area contributed by atoms with Crippen molar-refractivity contribution in [3.05, 3.63) is 35.7 Å². The molecule has 6 heteroatoms. The Morgan fingerprint density at radius 3 is 2.80 bits per heavy atom. The van der Waals surface area contributed by atoms with Crippen molar-refractivity contribution in [3.63, 3.8) is 0 Å². The summed E-state index contributed by atoms with van der Waals surface area (Å²) in [6.45, 7) is 0.284. The van der Waals surface area contributed by atoms with Gasteiger partial charge in [0.05, 0.1) is 7.11 Å². The highest BCUT2D eigenvalue weighted by Gasteiger charge is 2.02. The first-order valence-electron chi connectivity index (χ1n) is 6.04. The molecular formula is C14H16FNO4. The van der Waals surface area contributed by atoms with Crippen molar-refractivity contribution in [2.75, 3.05) is 13.7 Å². The van der Waals surface area contributed by atoms with Gasteiger partial charge in [0.15, 0.2) is 11.6 Å². The molecule has 0 heterocycles. The summed E-state index contributed by atoms with van der Waals surface area (Å²) in [7, 11) is 1.37. The predicted molar refractivity (Wildman–Crippen MR) is 71.9 cm³/mol. The maximum Gasteiger partial charge on any atom is 0.303 e. The second-order valence-corrected chi connectivity index (χ2v) is 4.02. The van der Waals surface area contributed by atoms with Crippen LogP contribution in [0.2, 0.25) is 0 Å². The van der Waals surface area contributed by atoms with Crippen molar-refractivity contribution in [1.82, 2.24) is 5.32 Å². The number of carbonyl (C=O) groups is 2. The van der Waals surface area contributed by atoms with Crippen LogP contribution in [0.1, 0.15) is 18.4 Å². The first kappa shape index (κ1) is 15.7. The highest BCUT2D eigenvalue weighted by atomic mass is 19.1. The number of carbonyl (C=O) groups excluding carboxylic acids is 1. The van der Waals surface area contributed by atoms with Gasteiger partial charge in [-0.3, -0.25) is 9.59 Å². The Kier molecular flexibility index (Phi) is 6.22. The molecule has 0 aliphatic rings. The molecule has 1 aromatic rings. The molecule has 20 heavy (non-hydrogen) atoms. The summed E-state index contributed by atoms with van der Waals surface area (Å²) in [6.07, 6.45) is 3.11. The van der Waals surface area contributed by atoms with Crippen LogP contribution in [0.5, 0.6) is 5.75 Å². The van der Waals surface area contributed by atoms with Gasteiger partial charge in [-0.2, -0.15) is 0 Å². The summed E-state index contributed by atoms with van der Waals surface area (Å²) in [6, 6.07) is 4.35. The molecule has 0 saturated heterocycles. The third kappa shape index (κ3) is 5.51. The molecule has 2 N–H and O–H groups in total. The molecule has 0 aliphatic carbocycles. The quantitative estimate of drug-likeness (QED) is 0.590. The Bertz CT molecular complexity index is 514. The lowest BCUT2D eigenvalue weighted by Crippen LogP contribution is -2.22. The summed E-state index contributed by atoms with van der Waals surface area (Å²) in [5.41, 5.74) is 0.531. The van der Waals surface area contributed by atoms with Gasteiger partial charge in [-0.05, 0) is 30.2 Å². The fraction of sp³-hybridized carbons (Fsp3) is 0.286. The largest absolute Gasteiger partial charge is 0.494 e. The van der Waals surface area contributed by atoms with Crippen LogP contribution in [0.3, 0.4) is 0 Å². The van der Waals surface area contributed by atoms with Gasteiger partial charge < -0.3 is 15.2 Å². The molecule has 1 aromatic carbocycles. The highest BCUT2D eigenvalue weighted by Crippen LogP contribution is 2.18. The second kappa shape index (κ2) is 7.93. The summed E-state index contributed by atoms with van der Waals surface area (Å²) < 4.78 is 18.2. The molecule has 5 nitrogen and oxygen atoms in total. The van der Waals surface area contributed by atoms with E-state index in [4.69, 9.17) is 9.84 Å². The monoisotopic (exact) mass is 281 g/mol. The van der Waals surface area contributed by atoms with Gasteiger partial charge in [0.1, 0.15) is 0 Å². The Balaban J connectivity index is 2.45. The van der Waals surface area contributed by atoms with Crippen LogP contribution in [-0.4, -0.2) is 30.6 Å². The second-order valence-electron chi connectivity index (χ2n) is 4.02. The standard InChI is InChI=1S/C14H16FNO4/c1-20-12-6-4-10(9-11(12)15)5-7-13(17)16-8-2-3-14(18)19/h4-7,9H,2-3,8H2,1H3,(H,16,17)(H,18,19)/b7-5+. The fourth-order valence-electron chi connectivity index (χ4n) is 1.47. The molecule has 108 valence electrons. The molecule has 0 aromatic heterocycles. The van der Waals surface area contributed by atoms with Gasteiger partial charge in [0.2, 0.25) is 5.91 Å². The average molecular weight is 281 g/mol. The number of hydrogen-bond acceptors (Lipinski definition) is 3. The van der Waals surface area contributed by atoms with Crippen LogP contribution in [0.25, 0.3) is 6.08 Å². The number of benzene rings is 1. The Hall–Kier alpha value is -2.37. The summed E-state index contributed by atoms with van der Waals surface area (Å²) >= 11 is 0. The molecule has 1 amide bonds. The van der Waals surface area contributed by atoms with E-state index in [-0.39, 0.29) is 24.6 Å². The summed E-state index contributed by atoms with van der Waals surface area (Å²) in [4.78, 5) is 21.7. The van der Waals surface area contributed by atoms with E-state index in [1.54, 1.807) is 6.07 Å². The molecule has 0 saturated carbocycles. The summed E-state index contributed by atoms with van der Waals surface area (Å²) in [5, 5.41) is 11.0. The van der Waals surface area contributed by atoms with Crippen molar-refractivity contribution >= 4 is 18.0 Å². The molecule has 0 radical (unpaired) electrons. The van der Waals surface area contributed by atoms with Crippen molar-refractivity contribution in [3.8, 4) is 5.75 Å². The number of nitrogens with one attached hydrogen (secondary N) is 1. The van der Waals surface area contributed by atoms with E-state index in [2.05, 4.69) is 5.32 Å². The van der Waals surface area contributed by atoms with Gasteiger partial charge in [0.25, 0.3) is 0 Å². The minimum absolute atomic E-state index is 0.00762. The van der Waals surface area contributed by atoms with E-state index in [1.807, 2.05) is 0 Å². The maximum absolute atomic E-state index is 13.4. The molecule has 0 bridgehead atoms. The third-order valence-electron chi connectivity index (χ3n) is 2.47. The van der Waals surface area contributed by atoms with E-state index >= 15 is 0 Å². The number of amides is 1. The number of aliphatic carboxylic acids is 1. The number of methoxy groups -OCH3 is 1. The summed E-state index contributed by atoms with van der Waals surface area (Å²) in [5.74, 6) is -1.62. The highest BCUT2D eigenvalue weighted by molar-refractivity contribution is 5.91. The first-order chi connectivity index (χ1) is 9.52. The lowest BCUT2D eigenvalue weighted by molar-refractivity contribution is -0.137. The average Bonchev–Trinajstić information content (AvgIpc) is 2.41. The molecule has 0 aliphatic heterocycles. The van der Waals surface area contributed by atoms with Crippen LogP contribution in [0.15, 0.2) is 24.3 Å². The van der Waals surface area contributed by atoms with Crippen LogP contribution in [0.4, 0.5) is 4.39 Å². The smallest absolute Gasteiger partial charge is 0.303 e.